The predicted molar refractivity (Wildman–Crippen MR) is 122 cm³/mol. The van der Waals surface area contributed by atoms with Crippen molar-refractivity contribution in [2.75, 3.05) is 39.3 Å². The van der Waals surface area contributed by atoms with Crippen LogP contribution in [-0.2, 0) is 11.3 Å². The molecule has 2 fully saturated rings. The number of likely N-dealkylation sites (tertiary alicyclic amines) is 2. The van der Waals surface area contributed by atoms with Gasteiger partial charge in [-0.05, 0) is 55.8 Å². The van der Waals surface area contributed by atoms with Crippen LogP contribution in [0.15, 0.2) is 54.6 Å². The summed E-state index contributed by atoms with van der Waals surface area (Å²) in [5.41, 5.74) is 1.53. The molecule has 0 unspecified atom stereocenters. The minimum absolute atomic E-state index is 0.0627. The second-order valence-electron chi connectivity index (χ2n) is 8.39. The summed E-state index contributed by atoms with van der Waals surface area (Å²) in [6.07, 6.45) is 3.53. The molecule has 7 nitrogen and oxygen atoms in total. The Hall–Kier alpha value is -3.06. The van der Waals surface area contributed by atoms with Gasteiger partial charge in [0.2, 0.25) is 0 Å². The second kappa shape index (κ2) is 11.0. The molecule has 2 amide bonds. The third-order valence-electron chi connectivity index (χ3n) is 5.92. The fourth-order valence-electron chi connectivity index (χ4n) is 3.98. The van der Waals surface area contributed by atoms with E-state index < -0.39 is 0 Å². The van der Waals surface area contributed by atoms with Crippen LogP contribution >= 0.6 is 0 Å². The first-order valence-corrected chi connectivity index (χ1v) is 11.4. The fourth-order valence-corrected chi connectivity index (χ4v) is 3.98. The third-order valence-corrected chi connectivity index (χ3v) is 5.92. The van der Waals surface area contributed by atoms with E-state index in [0.717, 1.165) is 30.9 Å². The standard InChI is InChI=1S/C25H31N3O4/c29-24(21-9-11-23(12-10-21)31-16-15-27-13-5-2-6-14-27)26-22-17-28(18-22)25(30)32-19-20-7-3-1-4-8-20/h1,3-4,7-12,22H,2,5-6,13-19H2,(H,26,29). The van der Waals surface area contributed by atoms with Crippen molar-refractivity contribution in [3.63, 3.8) is 0 Å². The van der Waals surface area contributed by atoms with Gasteiger partial charge in [0, 0.05) is 25.2 Å². The average Bonchev–Trinajstić information content (AvgIpc) is 2.81. The quantitative estimate of drug-likeness (QED) is 0.686. The second-order valence-corrected chi connectivity index (χ2v) is 8.39. The van der Waals surface area contributed by atoms with Gasteiger partial charge in [0.05, 0.1) is 6.04 Å². The maximum atomic E-state index is 12.5. The third kappa shape index (κ3) is 6.23. The van der Waals surface area contributed by atoms with E-state index in [1.54, 1.807) is 17.0 Å². The smallest absolute Gasteiger partial charge is 0.410 e. The van der Waals surface area contributed by atoms with Gasteiger partial charge in [-0.15, -0.1) is 0 Å². The zero-order valence-electron chi connectivity index (χ0n) is 18.4. The lowest BCUT2D eigenvalue weighted by molar-refractivity contribution is 0.0561. The Morgan fingerprint density at radius 3 is 2.38 bits per heavy atom. The molecular weight excluding hydrogens is 406 g/mol. The highest BCUT2D eigenvalue weighted by atomic mass is 16.6. The number of amides is 2. The zero-order valence-corrected chi connectivity index (χ0v) is 18.4. The molecule has 0 atom stereocenters. The van der Waals surface area contributed by atoms with E-state index >= 15 is 0 Å². The normalized spacial score (nSPS) is 16.8. The van der Waals surface area contributed by atoms with Crippen molar-refractivity contribution in [2.24, 2.45) is 0 Å². The zero-order chi connectivity index (χ0) is 22.2. The number of carbonyl (C=O) groups excluding carboxylic acids is 2. The van der Waals surface area contributed by atoms with E-state index in [9.17, 15) is 9.59 Å². The number of nitrogens with one attached hydrogen (secondary N) is 1. The molecule has 7 heteroatoms. The van der Waals surface area contributed by atoms with Crippen molar-refractivity contribution in [1.29, 1.82) is 0 Å². The lowest BCUT2D eigenvalue weighted by Gasteiger charge is -2.38. The van der Waals surface area contributed by atoms with E-state index in [4.69, 9.17) is 9.47 Å². The Kier molecular flexibility index (Phi) is 7.61. The molecule has 2 aliphatic heterocycles. The van der Waals surface area contributed by atoms with Crippen LogP contribution in [0.3, 0.4) is 0 Å². The maximum absolute atomic E-state index is 12.5. The number of nitrogens with zero attached hydrogens (tertiary/aromatic N) is 2. The van der Waals surface area contributed by atoms with Crippen LogP contribution in [0.5, 0.6) is 5.75 Å². The molecular formula is C25H31N3O4. The number of ether oxygens (including phenoxy) is 2. The monoisotopic (exact) mass is 437 g/mol. The van der Waals surface area contributed by atoms with Crippen molar-refractivity contribution in [3.8, 4) is 5.75 Å². The topological polar surface area (TPSA) is 71.1 Å². The molecule has 0 aliphatic carbocycles. The summed E-state index contributed by atoms with van der Waals surface area (Å²) in [5.74, 6) is 0.627. The molecule has 2 saturated heterocycles. The summed E-state index contributed by atoms with van der Waals surface area (Å²) < 4.78 is 11.1. The number of piperidine rings is 1. The van der Waals surface area contributed by atoms with E-state index in [-0.39, 0.29) is 24.6 Å². The minimum atomic E-state index is -0.356. The summed E-state index contributed by atoms with van der Waals surface area (Å²) >= 11 is 0. The van der Waals surface area contributed by atoms with E-state index in [1.165, 1.54) is 19.3 Å². The van der Waals surface area contributed by atoms with Crippen molar-refractivity contribution in [2.45, 2.75) is 31.9 Å². The van der Waals surface area contributed by atoms with Gasteiger partial charge in [-0.2, -0.15) is 0 Å². The van der Waals surface area contributed by atoms with Crippen molar-refractivity contribution >= 4 is 12.0 Å². The van der Waals surface area contributed by atoms with Crippen LogP contribution in [0, 0.1) is 0 Å². The van der Waals surface area contributed by atoms with Gasteiger partial charge in [0.1, 0.15) is 19.0 Å². The van der Waals surface area contributed by atoms with Crippen LogP contribution < -0.4 is 10.1 Å². The maximum Gasteiger partial charge on any atom is 0.410 e. The molecule has 0 aromatic heterocycles. The number of benzene rings is 2. The molecule has 0 spiro atoms. The lowest BCUT2D eigenvalue weighted by Crippen LogP contribution is -2.61. The molecule has 2 aromatic rings. The fraction of sp³-hybridized carbons (Fsp3) is 0.440. The highest BCUT2D eigenvalue weighted by molar-refractivity contribution is 5.94. The van der Waals surface area contributed by atoms with Gasteiger partial charge in [-0.1, -0.05) is 36.8 Å². The van der Waals surface area contributed by atoms with Crippen LogP contribution in [0.2, 0.25) is 0 Å². The summed E-state index contributed by atoms with van der Waals surface area (Å²) in [6.45, 7) is 5.07. The molecule has 170 valence electrons. The van der Waals surface area contributed by atoms with Crippen molar-refractivity contribution in [1.82, 2.24) is 15.1 Å². The van der Waals surface area contributed by atoms with Crippen molar-refractivity contribution in [3.05, 3.63) is 65.7 Å². The number of carbonyl (C=O) groups is 2. The van der Waals surface area contributed by atoms with Gasteiger partial charge in [-0.3, -0.25) is 9.69 Å². The summed E-state index contributed by atoms with van der Waals surface area (Å²) in [6, 6.07) is 16.7. The number of rotatable bonds is 8. The molecule has 32 heavy (non-hydrogen) atoms. The van der Waals surface area contributed by atoms with Gasteiger partial charge in [-0.25, -0.2) is 4.79 Å². The summed E-state index contributed by atoms with van der Waals surface area (Å²) in [4.78, 5) is 28.6. The van der Waals surface area contributed by atoms with Crippen LogP contribution in [-0.4, -0.2) is 67.2 Å². The first-order valence-electron chi connectivity index (χ1n) is 11.4. The lowest BCUT2D eigenvalue weighted by atomic mass is 10.1. The average molecular weight is 438 g/mol. The molecule has 2 aromatic carbocycles. The Balaban J connectivity index is 1.13. The minimum Gasteiger partial charge on any atom is -0.492 e. The summed E-state index contributed by atoms with van der Waals surface area (Å²) in [7, 11) is 0. The highest BCUT2D eigenvalue weighted by Gasteiger charge is 2.32. The van der Waals surface area contributed by atoms with Crippen LogP contribution in [0.25, 0.3) is 0 Å². The van der Waals surface area contributed by atoms with Gasteiger partial charge in [0.15, 0.2) is 0 Å². The van der Waals surface area contributed by atoms with Crippen LogP contribution in [0.4, 0.5) is 4.79 Å². The Morgan fingerprint density at radius 2 is 1.66 bits per heavy atom. The first kappa shape index (κ1) is 22.1. The number of hydrogen-bond acceptors (Lipinski definition) is 5. The van der Waals surface area contributed by atoms with Gasteiger partial charge >= 0.3 is 6.09 Å². The molecule has 4 rings (SSSR count). The van der Waals surface area contributed by atoms with E-state index in [2.05, 4.69) is 10.2 Å². The Bertz CT molecular complexity index is 876. The van der Waals surface area contributed by atoms with E-state index in [1.807, 2.05) is 42.5 Å². The highest BCUT2D eigenvalue weighted by Crippen LogP contribution is 2.15. The van der Waals surface area contributed by atoms with Gasteiger partial charge in [0.25, 0.3) is 5.91 Å². The number of hydrogen-bond donors (Lipinski definition) is 1. The molecule has 2 heterocycles. The molecule has 0 saturated carbocycles. The summed E-state index contributed by atoms with van der Waals surface area (Å²) in [5, 5.41) is 2.96. The van der Waals surface area contributed by atoms with Crippen molar-refractivity contribution < 1.29 is 19.1 Å². The molecule has 2 aliphatic rings. The van der Waals surface area contributed by atoms with Crippen LogP contribution in [0.1, 0.15) is 35.2 Å². The Labute approximate surface area is 189 Å². The molecule has 0 bridgehead atoms. The van der Waals surface area contributed by atoms with Gasteiger partial charge < -0.3 is 19.7 Å². The first-order chi connectivity index (χ1) is 15.7. The largest absolute Gasteiger partial charge is 0.492 e. The predicted octanol–water partition coefficient (Wildman–Crippen LogP) is 3.30. The molecule has 1 N–H and O–H groups in total. The SMILES string of the molecule is O=C(NC1CN(C(=O)OCc2ccccc2)C1)c1ccc(OCCN2CCCCC2)cc1. The van der Waals surface area contributed by atoms with E-state index in [0.29, 0.717) is 25.3 Å². The molecule has 0 radical (unpaired) electrons. The Morgan fingerprint density at radius 1 is 0.938 bits per heavy atom.